The Labute approximate surface area is 173 Å². The molecule has 1 saturated heterocycles. The summed E-state index contributed by atoms with van der Waals surface area (Å²) in [4.78, 5) is 16.3. The number of benzene rings is 2. The Hall–Kier alpha value is -2.83. The zero-order valence-corrected chi connectivity index (χ0v) is 17.1. The molecule has 1 aliphatic heterocycles. The van der Waals surface area contributed by atoms with Crippen molar-refractivity contribution in [3.8, 4) is 6.07 Å². The number of carbonyl (C=O) groups excluding carboxylic acids is 1. The van der Waals surface area contributed by atoms with Crippen molar-refractivity contribution in [2.75, 3.05) is 42.1 Å². The molecule has 0 atom stereocenters. The second kappa shape index (κ2) is 8.27. The average molecular weight is 437 g/mol. The predicted octanol–water partition coefficient (Wildman–Crippen LogP) is 2.68. The van der Waals surface area contributed by atoms with Crippen LogP contribution in [0.15, 0.2) is 36.4 Å². The van der Waals surface area contributed by atoms with Gasteiger partial charge in [-0.25, -0.2) is 12.8 Å². The van der Waals surface area contributed by atoms with Crippen LogP contribution in [0.4, 0.5) is 15.8 Å². The standard InChI is InChI=1S/C19H18ClFN4O3S/c1-29(27,28)23-17-11-13(5-6-15(17)20)19(26)25-9-7-24(8-10-25)18-4-2-3-16(21)14(18)12-22/h2-6,11,23H,7-10H2,1H3. The number of halogens is 2. The van der Waals surface area contributed by atoms with Crippen molar-refractivity contribution in [2.24, 2.45) is 0 Å². The second-order valence-electron chi connectivity index (χ2n) is 6.59. The van der Waals surface area contributed by atoms with Crippen LogP contribution in [0.5, 0.6) is 0 Å². The fraction of sp³-hybridized carbons (Fsp3) is 0.263. The predicted molar refractivity (Wildman–Crippen MR) is 109 cm³/mol. The molecule has 1 amide bonds. The van der Waals surface area contributed by atoms with Crippen molar-refractivity contribution in [3.05, 3.63) is 58.4 Å². The van der Waals surface area contributed by atoms with E-state index in [1.165, 1.54) is 24.3 Å². The molecule has 0 radical (unpaired) electrons. The first-order valence-electron chi connectivity index (χ1n) is 8.70. The van der Waals surface area contributed by atoms with Crippen LogP contribution >= 0.6 is 11.6 Å². The SMILES string of the molecule is CS(=O)(=O)Nc1cc(C(=O)N2CCN(c3cccc(F)c3C#N)CC2)ccc1Cl. The number of sulfonamides is 1. The van der Waals surface area contributed by atoms with Gasteiger partial charge in [0.2, 0.25) is 10.0 Å². The van der Waals surface area contributed by atoms with Crippen molar-refractivity contribution in [2.45, 2.75) is 0 Å². The fourth-order valence-corrected chi connectivity index (χ4v) is 3.95. The van der Waals surface area contributed by atoms with Crippen molar-refractivity contribution in [1.29, 1.82) is 5.26 Å². The Kier molecular flexibility index (Phi) is 5.96. The second-order valence-corrected chi connectivity index (χ2v) is 8.75. The summed E-state index contributed by atoms with van der Waals surface area (Å²) < 4.78 is 39.1. The molecule has 152 valence electrons. The van der Waals surface area contributed by atoms with Gasteiger partial charge in [0.25, 0.3) is 5.91 Å². The molecule has 2 aromatic carbocycles. The van der Waals surface area contributed by atoms with E-state index in [1.54, 1.807) is 17.0 Å². The number of nitrogens with zero attached hydrogens (tertiary/aromatic N) is 3. The number of piperazine rings is 1. The Balaban J connectivity index is 1.74. The normalized spacial score (nSPS) is 14.4. The molecular weight excluding hydrogens is 419 g/mol. The molecule has 0 aromatic heterocycles. The van der Waals surface area contributed by atoms with Crippen LogP contribution in [-0.4, -0.2) is 51.7 Å². The molecule has 0 saturated carbocycles. The van der Waals surface area contributed by atoms with Crippen molar-refractivity contribution >= 4 is 38.9 Å². The minimum Gasteiger partial charge on any atom is -0.367 e. The third-order valence-corrected chi connectivity index (χ3v) is 5.44. The lowest BCUT2D eigenvalue weighted by Gasteiger charge is -2.36. The van der Waals surface area contributed by atoms with Crippen molar-refractivity contribution < 1.29 is 17.6 Å². The maximum Gasteiger partial charge on any atom is 0.254 e. The summed E-state index contributed by atoms with van der Waals surface area (Å²) in [6.07, 6.45) is 0.999. The summed E-state index contributed by atoms with van der Waals surface area (Å²) in [6.45, 7) is 1.62. The minimum absolute atomic E-state index is 0.0125. The van der Waals surface area contributed by atoms with E-state index in [0.717, 1.165) is 6.26 Å². The number of anilines is 2. The Morgan fingerprint density at radius 1 is 1.21 bits per heavy atom. The summed E-state index contributed by atoms with van der Waals surface area (Å²) in [7, 11) is -3.54. The van der Waals surface area contributed by atoms with Crippen LogP contribution < -0.4 is 9.62 Å². The van der Waals surface area contributed by atoms with E-state index in [2.05, 4.69) is 4.72 Å². The molecule has 1 aliphatic rings. The minimum atomic E-state index is -3.54. The molecule has 29 heavy (non-hydrogen) atoms. The molecule has 0 bridgehead atoms. The molecule has 0 aliphatic carbocycles. The van der Waals surface area contributed by atoms with Gasteiger partial charge in [-0.15, -0.1) is 0 Å². The topological polar surface area (TPSA) is 93.5 Å². The van der Waals surface area contributed by atoms with Crippen LogP contribution in [0.2, 0.25) is 5.02 Å². The summed E-state index contributed by atoms with van der Waals surface area (Å²) >= 11 is 6.01. The van der Waals surface area contributed by atoms with Crippen LogP contribution in [0.3, 0.4) is 0 Å². The average Bonchev–Trinajstić information content (AvgIpc) is 2.68. The van der Waals surface area contributed by atoms with E-state index in [4.69, 9.17) is 11.6 Å². The van der Waals surface area contributed by atoms with Gasteiger partial charge in [-0.3, -0.25) is 9.52 Å². The lowest BCUT2D eigenvalue weighted by atomic mass is 10.1. The maximum absolute atomic E-state index is 13.8. The third kappa shape index (κ3) is 4.78. The molecule has 3 rings (SSSR count). The number of hydrogen-bond acceptors (Lipinski definition) is 5. The first kappa shape index (κ1) is 20.9. The zero-order valence-electron chi connectivity index (χ0n) is 15.5. The van der Waals surface area contributed by atoms with Gasteiger partial charge in [0.05, 0.1) is 22.7 Å². The van der Waals surface area contributed by atoms with Crippen LogP contribution in [0, 0.1) is 17.1 Å². The van der Waals surface area contributed by atoms with Gasteiger partial charge in [0.1, 0.15) is 17.4 Å². The molecule has 10 heteroatoms. The highest BCUT2D eigenvalue weighted by molar-refractivity contribution is 7.92. The molecular formula is C19H18ClFN4O3S. The number of rotatable bonds is 4. The smallest absolute Gasteiger partial charge is 0.254 e. The monoisotopic (exact) mass is 436 g/mol. The molecule has 0 spiro atoms. The molecule has 7 nitrogen and oxygen atoms in total. The Bertz CT molecular complexity index is 1090. The van der Waals surface area contributed by atoms with E-state index in [9.17, 15) is 22.9 Å². The van der Waals surface area contributed by atoms with Gasteiger partial charge in [0.15, 0.2) is 0 Å². The van der Waals surface area contributed by atoms with Crippen LogP contribution in [0.1, 0.15) is 15.9 Å². The summed E-state index contributed by atoms with van der Waals surface area (Å²) in [6, 6.07) is 10.8. The van der Waals surface area contributed by atoms with E-state index in [-0.39, 0.29) is 22.2 Å². The van der Waals surface area contributed by atoms with Gasteiger partial charge in [-0.2, -0.15) is 5.26 Å². The highest BCUT2D eigenvalue weighted by Crippen LogP contribution is 2.26. The van der Waals surface area contributed by atoms with Gasteiger partial charge >= 0.3 is 0 Å². The largest absolute Gasteiger partial charge is 0.367 e. The van der Waals surface area contributed by atoms with E-state index < -0.39 is 15.8 Å². The summed E-state index contributed by atoms with van der Waals surface area (Å²) in [5.74, 6) is -0.840. The van der Waals surface area contributed by atoms with Gasteiger partial charge in [0, 0.05) is 31.7 Å². The highest BCUT2D eigenvalue weighted by Gasteiger charge is 2.25. The summed E-state index contributed by atoms with van der Waals surface area (Å²) in [5, 5.41) is 9.39. The van der Waals surface area contributed by atoms with Gasteiger partial charge in [-0.1, -0.05) is 17.7 Å². The van der Waals surface area contributed by atoms with E-state index in [1.807, 2.05) is 11.0 Å². The lowest BCUT2D eigenvalue weighted by molar-refractivity contribution is 0.0747. The first-order chi connectivity index (χ1) is 13.7. The molecule has 1 N–H and O–H groups in total. The quantitative estimate of drug-likeness (QED) is 0.795. The first-order valence-corrected chi connectivity index (χ1v) is 11.0. The number of nitriles is 1. The fourth-order valence-electron chi connectivity index (χ4n) is 3.16. The molecule has 0 unspecified atom stereocenters. The van der Waals surface area contributed by atoms with Crippen LogP contribution in [-0.2, 0) is 10.0 Å². The lowest BCUT2D eigenvalue weighted by Crippen LogP contribution is -2.49. The Morgan fingerprint density at radius 3 is 2.52 bits per heavy atom. The number of hydrogen-bond donors (Lipinski definition) is 1. The molecule has 1 fully saturated rings. The van der Waals surface area contributed by atoms with Crippen molar-refractivity contribution in [3.63, 3.8) is 0 Å². The Morgan fingerprint density at radius 2 is 1.90 bits per heavy atom. The van der Waals surface area contributed by atoms with Gasteiger partial charge in [-0.05, 0) is 30.3 Å². The molecule has 1 heterocycles. The van der Waals surface area contributed by atoms with Gasteiger partial charge < -0.3 is 9.80 Å². The number of nitrogens with one attached hydrogen (secondary N) is 1. The summed E-state index contributed by atoms with van der Waals surface area (Å²) in [5.41, 5.74) is 0.932. The van der Waals surface area contributed by atoms with E-state index in [0.29, 0.717) is 37.4 Å². The van der Waals surface area contributed by atoms with E-state index >= 15 is 0 Å². The zero-order chi connectivity index (χ0) is 21.2. The van der Waals surface area contributed by atoms with Crippen LogP contribution in [0.25, 0.3) is 0 Å². The molecule has 2 aromatic rings. The number of carbonyl (C=O) groups is 1. The van der Waals surface area contributed by atoms with Crippen molar-refractivity contribution in [1.82, 2.24) is 4.90 Å². The third-order valence-electron chi connectivity index (χ3n) is 4.52. The number of amides is 1. The maximum atomic E-state index is 13.8. The highest BCUT2D eigenvalue weighted by atomic mass is 35.5.